The van der Waals surface area contributed by atoms with E-state index < -0.39 is 12.0 Å². The molecule has 0 amide bonds. The van der Waals surface area contributed by atoms with Gasteiger partial charge < -0.3 is 0 Å². The Morgan fingerprint density at radius 1 is 0.733 bits per heavy atom. The van der Waals surface area contributed by atoms with Gasteiger partial charge in [-0.3, -0.25) is 0 Å². The third-order valence-corrected chi connectivity index (χ3v) is 6.28. The molecule has 0 aromatic heterocycles. The zero-order chi connectivity index (χ0) is 10.7. The standard InChI is InChI=1S/2C5H5.2CO.Fe/c2*1-2-4-5-3-1;2*1-2;/h2*1-5H;;;. The molecular formula is C12H10FeO2. The summed E-state index contributed by atoms with van der Waals surface area (Å²) < 4.78 is 0. The van der Waals surface area contributed by atoms with Gasteiger partial charge in [-0.15, -0.1) is 0 Å². The zero-order valence-electron chi connectivity index (χ0n) is 7.94. The molecule has 0 bridgehead atoms. The van der Waals surface area contributed by atoms with Crippen molar-refractivity contribution in [3.05, 3.63) is 48.6 Å². The molecule has 2 aliphatic carbocycles. The van der Waals surface area contributed by atoms with Crippen molar-refractivity contribution in [3.8, 4) is 0 Å². The first-order chi connectivity index (χ1) is 7.33. The normalized spacial score (nSPS) is 20.8. The second kappa shape index (κ2) is 4.02. The molecule has 0 fully saturated rings. The van der Waals surface area contributed by atoms with Gasteiger partial charge in [0.15, 0.2) is 0 Å². The molecule has 2 aliphatic rings. The quantitative estimate of drug-likeness (QED) is 0.695. The number of allylic oxidation sites excluding steroid dienone is 8. The van der Waals surface area contributed by atoms with Crippen LogP contribution in [0.2, 0.25) is 9.63 Å². The van der Waals surface area contributed by atoms with Gasteiger partial charge in [0.1, 0.15) is 0 Å². The van der Waals surface area contributed by atoms with E-state index in [9.17, 15) is 9.59 Å². The van der Waals surface area contributed by atoms with Crippen molar-refractivity contribution in [1.82, 2.24) is 0 Å². The molecule has 0 saturated heterocycles. The summed E-state index contributed by atoms with van der Waals surface area (Å²) in [4.78, 5) is 26.1. The summed E-state index contributed by atoms with van der Waals surface area (Å²) in [6.45, 7) is 0. The number of hydrogen-bond acceptors (Lipinski definition) is 2. The van der Waals surface area contributed by atoms with Crippen LogP contribution in [-0.2, 0) is 21.6 Å². The Morgan fingerprint density at radius 3 is 1.33 bits per heavy atom. The van der Waals surface area contributed by atoms with Crippen molar-refractivity contribution in [3.63, 3.8) is 0 Å². The van der Waals surface area contributed by atoms with Crippen molar-refractivity contribution < 1.29 is 21.6 Å². The molecule has 0 spiro atoms. The third-order valence-electron chi connectivity index (χ3n) is 2.37. The van der Waals surface area contributed by atoms with Crippen LogP contribution in [0.3, 0.4) is 0 Å². The first-order valence-electron chi connectivity index (χ1n) is 4.50. The van der Waals surface area contributed by atoms with Gasteiger partial charge in [-0.25, -0.2) is 0 Å². The Hall–Kier alpha value is -1.36. The van der Waals surface area contributed by atoms with E-state index in [-0.39, 0.29) is 9.63 Å². The van der Waals surface area contributed by atoms with E-state index in [4.69, 9.17) is 0 Å². The van der Waals surface area contributed by atoms with Gasteiger partial charge in [0.25, 0.3) is 0 Å². The third kappa shape index (κ3) is 1.52. The van der Waals surface area contributed by atoms with Crippen LogP contribution >= 0.6 is 0 Å². The average Bonchev–Trinajstić information content (AvgIpc) is 2.92. The molecule has 2 nitrogen and oxygen atoms in total. The van der Waals surface area contributed by atoms with E-state index in [0.717, 1.165) is 0 Å². The number of rotatable bonds is 2. The molecular weight excluding hydrogens is 232 g/mol. The zero-order valence-corrected chi connectivity index (χ0v) is 9.05. The minimum atomic E-state index is -2.67. The van der Waals surface area contributed by atoms with E-state index in [0.29, 0.717) is 0 Å². The fourth-order valence-electron chi connectivity index (χ4n) is 1.59. The molecule has 0 saturated carbocycles. The van der Waals surface area contributed by atoms with E-state index in [1.54, 1.807) is 0 Å². The van der Waals surface area contributed by atoms with E-state index >= 15 is 0 Å². The predicted octanol–water partition coefficient (Wildman–Crippen LogP) is 2.10. The Labute approximate surface area is 89.6 Å². The Balaban J connectivity index is 2.61. The number of carbonyl (C=O) groups excluding carboxylic acids is 2. The maximum absolute atomic E-state index is 11.2. The molecule has 2 rings (SSSR count). The van der Waals surface area contributed by atoms with Crippen LogP contribution < -0.4 is 0 Å². The summed E-state index contributed by atoms with van der Waals surface area (Å²) in [7, 11) is 0. The number of hydrogen-bond donors (Lipinski definition) is 0. The van der Waals surface area contributed by atoms with Crippen LogP contribution in [0, 0.1) is 0 Å². The summed E-state index contributed by atoms with van der Waals surface area (Å²) in [6.07, 6.45) is 15.0. The van der Waals surface area contributed by atoms with Crippen molar-refractivity contribution >= 4 is 9.57 Å². The predicted molar refractivity (Wildman–Crippen MR) is 55.4 cm³/mol. The molecule has 0 heterocycles. The van der Waals surface area contributed by atoms with Crippen molar-refractivity contribution in [1.29, 1.82) is 0 Å². The van der Waals surface area contributed by atoms with Crippen molar-refractivity contribution in [2.45, 2.75) is 9.63 Å². The first-order valence-corrected chi connectivity index (χ1v) is 6.88. The minimum absolute atomic E-state index is 0.107. The topological polar surface area (TPSA) is 34.1 Å². The van der Waals surface area contributed by atoms with Crippen LogP contribution in [0.4, 0.5) is 0 Å². The molecule has 0 radical (unpaired) electrons. The van der Waals surface area contributed by atoms with E-state index in [2.05, 4.69) is 0 Å². The van der Waals surface area contributed by atoms with Gasteiger partial charge in [0, 0.05) is 0 Å². The van der Waals surface area contributed by atoms with Crippen LogP contribution in [0.15, 0.2) is 48.6 Å². The van der Waals surface area contributed by atoms with Gasteiger partial charge in [-0.05, 0) is 0 Å². The van der Waals surface area contributed by atoms with E-state index in [1.807, 2.05) is 58.2 Å². The molecule has 0 aliphatic heterocycles. The monoisotopic (exact) mass is 242 g/mol. The molecule has 0 atom stereocenters. The maximum atomic E-state index is 11.2. The Kier molecular flexibility index (Phi) is 2.72. The van der Waals surface area contributed by atoms with Crippen LogP contribution in [0.25, 0.3) is 0 Å². The van der Waals surface area contributed by atoms with Crippen molar-refractivity contribution in [2.75, 3.05) is 0 Å². The van der Waals surface area contributed by atoms with E-state index in [1.165, 1.54) is 0 Å². The summed E-state index contributed by atoms with van der Waals surface area (Å²) >= 11 is -2.67. The molecule has 0 aromatic carbocycles. The molecule has 3 heteroatoms. The molecule has 0 N–H and O–H groups in total. The SMILES string of the molecule is O=[C]=[Fe](=[C]=O)([CH]1C=CC=C1)[CH]1C=CC=C1. The van der Waals surface area contributed by atoms with Gasteiger partial charge in [-0.2, -0.15) is 0 Å². The summed E-state index contributed by atoms with van der Waals surface area (Å²) in [5, 5.41) is 0. The first kappa shape index (κ1) is 10.2. The van der Waals surface area contributed by atoms with Gasteiger partial charge in [0.2, 0.25) is 0 Å². The van der Waals surface area contributed by atoms with Crippen LogP contribution in [0.1, 0.15) is 0 Å². The van der Waals surface area contributed by atoms with Crippen LogP contribution in [0.5, 0.6) is 0 Å². The molecule has 0 unspecified atom stereocenters. The summed E-state index contributed by atoms with van der Waals surface area (Å²) in [6, 6.07) is 0. The van der Waals surface area contributed by atoms with Gasteiger partial charge in [-0.1, -0.05) is 0 Å². The molecule has 78 valence electrons. The molecule has 15 heavy (non-hydrogen) atoms. The fourth-order valence-corrected chi connectivity index (χ4v) is 4.56. The van der Waals surface area contributed by atoms with Crippen molar-refractivity contribution in [2.24, 2.45) is 0 Å². The average molecular weight is 242 g/mol. The van der Waals surface area contributed by atoms with Crippen LogP contribution in [-0.4, -0.2) is 9.57 Å². The molecule has 0 aromatic rings. The van der Waals surface area contributed by atoms with Gasteiger partial charge in [0.05, 0.1) is 0 Å². The van der Waals surface area contributed by atoms with Gasteiger partial charge >= 0.3 is 89.4 Å². The fraction of sp³-hybridized carbons (Fsp3) is 0.167. The summed E-state index contributed by atoms with van der Waals surface area (Å²) in [5.74, 6) is 0. The second-order valence-corrected chi connectivity index (χ2v) is 7.00. The Bertz CT molecular complexity index is 466. The summed E-state index contributed by atoms with van der Waals surface area (Å²) in [5.41, 5.74) is 0. The Morgan fingerprint density at radius 2 is 1.07 bits per heavy atom. The second-order valence-electron chi connectivity index (χ2n) is 3.15.